The predicted molar refractivity (Wildman–Crippen MR) is 355 cm³/mol. The van der Waals surface area contributed by atoms with Crippen LogP contribution in [0.4, 0.5) is 0 Å². The molecule has 0 saturated carbocycles. The average Bonchev–Trinajstić information content (AvgIpc) is 1.43. The first kappa shape index (κ1) is 67.3. The Morgan fingerprint density at radius 2 is 0.627 bits per heavy atom. The summed E-state index contributed by atoms with van der Waals surface area (Å²) in [6.07, 6.45) is 0.774. The van der Waals surface area contributed by atoms with E-state index in [2.05, 4.69) is 206 Å². The summed E-state index contributed by atoms with van der Waals surface area (Å²) in [6.45, 7) is 45.6. The van der Waals surface area contributed by atoms with Crippen LogP contribution in [0.3, 0.4) is 0 Å². The molecule has 0 aliphatic heterocycles. The molecule has 6 aromatic carbocycles. The lowest BCUT2D eigenvalue weighted by atomic mass is 9.79. The topological polar surface area (TPSA) is 118 Å². The second-order valence-electron chi connectivity index (χ2n) is 29.4. The van der Waals surface area contributed by atoms with E-state index in [1.165, 1.54) is 0 Å². The van der Waals surface area contributed by atoms with Gasteiger partial charge < -0.3 is 39.4 Å². The Balaban J connectivity index is 2.04. The molecule has 0 saturated heterocycles. The molecule has 0 amide bonds. The van der Waals surface area contributed by atoms with E-state index in [9.17, 15) is 20.4 Å². The Labute approximate surface area is 503 Å². The number of ether oxygens (including phenoxy) is 4. The van der Waals surface area contributed by atoms with Crippen LogP contribution in [0.25, 0.3) is 11.1 Å². The smallest absolute Gasteiger partial charge is 0.126 e. The number of benzene rings is 6. The van der Waals surface area contributed by atoms with Gasteiger partial charge in [0.15, 0.2) is 0 Å². The molecule has 2 unspecified atom stereocenters. The lowest BCUT2D eigenvalue weighted by Gasteiger charge is -2.35. The predicted octanol–water partition coefficient (Wildman–Crippen LogP) is 14.2. The second-order valence-corrected chi connectivity index (χ2v) is 33.7. The Hall–Kier alpha value is -4.78. The molecule has 4 N–H and O–H groups in total. The number of methoxy groups -OCH3 is 4. The number of rotatable bonds is 17. The van der Waals surface area contributed by atoms with Gasteiger partial charge in [0.25, 0.3) is 0 Å². The maximum absolute atomic E-state index is 12.2. The zero-order valence-corrected chi connectivity index (χ0v) is 57.1. The van der Waals surface area contributed by atoms with E-state index < -0.39 is 15.8 Å². The minimum absolute atomic E-state index is 0.269. The minimum atomic E-state index is -1.64. The molecule has 10 heteroatoms. The zero-order chi connectivity index (χ0) is 62.4. The van der Waals surface area contributed by atoms with E-state index in [0.29, 0.717) is 28.2 Å². The largest absolute Gasteiger partial charge is 0.496 e. The highest BCUT2D eigenvalue weighted by molar-refractivity contribution is 7.80. The lowest BCUT2D eigenvalue weighted by Crippen LogP contribution is -2.32. The Morgan fingerprint density at radius 3 is 0.892 bits per heavy atom. The summed E-state index contributed by atoms with van der Waals surface area (Å²) in [6, 6.07) is 26.8. The molecule has 0 spiro atoms. The average molecular weight is 1170 g/mol. The maximum atomic E-state index is 12.2. The standard InChI is InChI=1S/C73H102O8P2/c1-43(2)26-47-32-51(34-55(65(47)79-23)69(7,8)9)83(53-37-58(72(16,17)18)67(81-25)59(38-53)73(19,20)21)61-31-46(40-75)29-49(42-77)63(61)62-48(41-76)28-45(39-74)30-60(62)82(50-27-44(3)64(78-22)54(33-50)68(4,5)6)52-35-56(70(10,11)12)66(80-24)57(36-52)71(13,14)15/h27-38,43,74-77H,26,39-42H2,1-25H3. The van der Waals surface area contributed by atoms with E-state index in [1.807, 2.05) is 12.1 Å². The maximum Gasteiger partial charge on any atom is 0.126 e. The van der Waals surface area contributed by atoms with Crippen molar-refractivity contribution < 1.29 is 39.4 Å². The van der Waals surface area contributed by atoms with Gasteiger partial charge in [-0.25, -0.2) is 0 Å². The molecule has 83 heavy (non-hydrogen) atoms. The summed E-state index contributed by atoms with van der Waals surface area (Å²) >= 11 is 0. The summed E-state index contributed by atoms with van der Waals surface area (Å²) < 4.78 is 25.6. The van der Waals surface area contributed by atoms with Crippen LogP contribution < -0.4 is 50.8 Å². The quantitative estimate of drug-likeness (QED) is 0.0667. The molecule has 0 aromatic heterocycles. The molecule has 8 nitrogen and oxygen atoms in total. The minimum Gasteiger partial charge on any atom is -0.496 e. The molecule has 0 aliphatic carbocycles. The first-order valence-electron chi connectivity index (χ1n) is 29.6. The SMILES string of the molecule is COc1c(C)cc(P(c2cc(C(C)(C)C)c(OC)c(C(C)(C)C)c2)c2cc(CO)cc(CO)c2-c2c(CO)cc(CO)cc2P(c2cc(CC(C)C)c(OC)c(C(C)(C)C)c2)c2cc(C(C)(C)C)c(OC)c(C(C)(C)C)c2)cc1C(C)(C)C. The molecule has 6 aromatic rings. The number of aliphatic hydroxyl groups excluding tert-OH is 4. The van der Waals surface area contributed by atoms with Gasteiger partial charge in [-0.3, -0.25) is 0 Å². The fraction of sp³-hybridized carbons (Fsp3) is 0.507. The third kappa shape index (κ3) is 14.2. The first-order valence-corrected chi connectivity index (χ1v) is 32.2. The Bertz CT molecular complexity index is 3240. The van der Waals surface area contributed by atoms with Crippen molar-refractivity contribution in [1.82, 2.24) is 0 Å². The van der Waals surface area contributed by atoms with Crippen LogP contribution in [0.15, 0.2) is 72.8 Å². The molecule has 0 radical (unpaired) electrons. The third-order valence-electron chi connectivity index (χ3n) is 15.8. The van der Waals surface area contributed by atoms with Gasteiger partial charge in [0.1, 0.15) is 23.0 Å². The van der Waals surface area contributed by atoms with Crippen molar-refractivity contribution in [3.63, 3.8) is 0 Å². The van der Waals surface area contributed by atoms with Crippen LogP contribution in [0.5, 0.6) is 23.0 Å². The van der Waals surface area contributed by atoms with Crippen molar-refractivity contribution in [2.45, 2.75) is 211 Å². The van der Waals surface area contributed by atoms with E-state index in [-0.39, 0.29) is 58.9 Å². The van der Waals surface area contributed by atoms with Gasteiger partial charge in [-0.05, 0) is 205 Å². The normalized spacial score (nSPS) is 13.6. The fourth-order valence-electron chi connectivity index (χ4n) is 11.8. The van der Waals surface area contributed by atoms with E-state index in [1.54, 1.807) is 28.4 Å². The first-order chi connectivity index (χ1) is 38.3. The van der Waals surface area contributed by atoms with Crippen LogP contribution in [-0.2, 0) is 65.3 Å². The van der Waals surface area contributed by atoms with Gasteiger partial charge in [-0.1, -0.05) is 151 Å². The summed E-state index contributed by atoms with van der Waals surface area (Å²) in [5.41, 5.74) is 10.6. The van der Waals surface area contributed by atoms with E-state index in [4.69, 9.17) is 18.9 Å². The zero-order valence-electron chi connectivity index (χ0n) is 55.4. The van der Waals surface area contributed by atoms with E-state index in [0.717, 1.165) is 117 Å². The highest BCUT2D eigenvalue weighted by Gasteiger charge is 2.38. The molecule has 6 rings (SSSR count). The molecule has 452 valence electrons. The summed E-state index contributed by atoms with van der Waals surface area (Å²) in [5.74, 6) is 3.74. The van der Waals surface area contributed by atoms with Gasteiger partial charge in [-0.15, -0.1) is 0 Å². The molecule has 0 aliphatic rings. The highest BCUT2D eigenvalue weighted by Crippen LogP contribution is 2.51. The number of hydrogen-bond acceptors (Lipinski definition) is 8. The van der Waals surface area contributed by atoms with Crippen LogP contribution >= 0.6 is 15.8 Å². The summed E-state index contributed by atoms with van der Waals surface area (Å²) in [4.78, 5) is 0. The van der Waals surface area contributed by atoms with E-state index >= 15 is 0 Å². The van der Waals surface area contributed by atoms with Gasteiger partial charge in [0, 0.05) is 33.4 Å². The van der Waals surface area contributed by atoms with Gasteiger partial charge in [0.2, 0.25) is 0 Å². The van der Waals surface area contributed by atoms with Gasteiger partial charge in [0.05, 0.1) is 54.9 Å². The van der Waals surface area contributed by atoms with Gasteiger partial charge >= 0.3 is 0 Å². The molecule has 0 bridgehead atoms. The van der Waals surface area contributed by atoms with Crippen LogP contribution in [0.2, 0.25) is 0 Å². The Kier molecular flexibility index (Phi) is 20.5. The number of hydrogen-bond donors (Lipinski definition) is 4. The fourth-order valence-corrected chi connectivity index (χ4v) is 17.2. The van der Waals surface area contributed by atoms with Crippen LogP contribution in [-0.4, -0.2) is 48.9 Å². The molecular formula is C73H102O8P2. The molecule has 2 atom stereocenters. The van der Waals surface area contributed by atoms with Gasteiger partial charge in [-0.2, -0.15) is 0 Å². The summed E-state index contributed by atoms with van der Waals surface area (Å²) in [5, 5.41) is 53.5. The van der Waals surface area contributed by atoms with Crippen molar-refractivity contribution in [2.75, 3.05) is 28.4 Å². The monoisotopic (exact) mass is 1170 g/mol. The lowest BCUT2D eigenvalue weighted by molar-refractivity contribution is 0.274. The van der Waals surface area contributed by atoms with Crippen LogP contribution in [0, 0.1) is 12.8 Å². The third-order valence-corrected chi connectivity index (χ3v) is 20.6. The highest BCUT2D eigenvalue weighted by atomic mass is 31.1. The molecule has 0 fully saturated rings. The summed E-state index contributed by atoms with van der Waals surface area (Å²) in [7, 11) is 3.80. The number of aryl methyl sites for hydroxylation is 1. The Morgan fingerprint density at radius 1 is 0.349 bits per heavy atom. The second kappa shape index (κ2) is 25.3. The number of aliphatic hydroxyl groups is 4. The van der Waals surface area contributed by atoms with Crippen LogP contribution in [0.1, 0.15) is 205 Å². The van der Waals surface area contributed by atoms with Crippen molar-refractivity contribution in [2.24, 2.45) is 5.92 Å². The van der Waals surface area contributed by atoms with Crippen molar-refractivity contribution in [3.8, 4) is 34.1 Å². The van der Waals surface area contributed by atoms with Crippen molar-refractivity contribution in [1.29, 1.82) is 0 Å². The van der Waals surface area contributed by atoms with Crippen molar-refractivity contribution >= 4 is 47.7 Å². The molecular weight excluding hydrogens is 1070 g/mol. The molecule has 0 heterocycles. The van der Waals surface area contributed by atoms with Crippen molar-refractivity contribution in [3.05, 3.63) is 140 Å².